The van der Waals surface area contributed by atoms with Gasteiger partial charge in [-0.15, -0.1) is 11.3 Å². The van der Waals surface area contributed by atoms with Crippen LogP contribution in [0.1, 0.15) is 18.2 Å². The van der Waals surface area contributed by atoms with Gasteiger partial charge in [-0.05, 0) is 25.0 Å². The van der Waals surface area contributed by atoms with Crippen molar-refractivity contribution in [1.82, 2.24) is 0 Å². The first kappa shape index (κ1) is 9.57. The van der Waals surface area contributed by atoms with Crippen molar-refractivity contribution in [3.63, 3.8) is 0 Å². The molecule has 0 aliphatic heterocycles. The second-order valence-corrected chi connectivity index (χ2v) is 4.44. The number of nitriles is 1. The Kier molecular flexibility index (Phi) is 3.58. The Labute approximate surface area is 81.6 Å². The highest BCUT2D eigenvalue weighted by Gasteiger charge is 2.07. The van der Waals surface area contributed by atoms with E-state index in [1.165, 1.54) is 4.88 Å². The number of nitrogens with zero attached hydrogens (tertiary/aromatic N) is 1. The molecule has 1 heterocycles. The summed E-state index contributed by atoms with van der Waals surface area (Å²) in [7, 11) is 0. The summed E-state index contributed by atoms with van der Waals surface area (Å²) in [5.41, 5.74) is 0. The fraction of sp³-hybridized carbons (Fsp3) is 0.444. The summed E-state index contributed by atoms with van der Waals surface area (Å²) in [5.74, 6) is 0.139. The van der Waals surface area contributed by atoms with Gasteiger partial charge in [0.15, 0.2) is 0 Å². The van der Waals surface area contributed by atoms with Crippen molar-refractivity contribution in [3.8, 4) is 6.07 Å². The lowest BCUT2D eigenvalue weighted by molar-refractivity contribution is 0.644. The molecule has 0 fully saturated rings. The van der Waals surface area contributed by atoms with Crippen LogP contribution in [-0.2, 0) is 6.42 Å². The van der Waals surface area contributed by atoms with Crippen LogP contribution >= 0.6 is 22.9 Å². The van der Waals surface area contributed by atoms with Crippen LogP contribution in [0.25, 0.3) is 0 Å². The van der Waals surface area contributed by atoms with Gasteiger partial charge >= 0.3 is 0 Å². The fourth-order valence-corrected chi connectivity index (χ4v) is 2.15. The van der Waals surface area contributed by atoms with Gasteiger partial charge in [0.1, 0.15) is 0 Å². The normalized spacial score (nSPS) is 12.4. The van der Waals surface area contributed by atoms with Gasteiger partial charge in [0.2, 0.25) is 0 Å². The lowest BCUT2D eigenvalue weighted by Gasteiger charge is -2.01. The molecular weight excluding hydrogens is 190 g/mol. The highest BCUT2D eigenvalue weighted by atomic mass is 35.5. The van der Waals surface area contributed by atoms with Crippen molar-refractivity contribution < 1.29 is 0 Å². The molecule has 0 saturated heterocycles. The largest absolute Gasteiger partial charge is 0.198 e. The van der Waals surface area contributed by atoms with Gasteiger partial charge in [-0.1, -0.05) is 18.5 Å². The molecule has 0 aliphatic rings. The molecule has 0 aromatic carbocycles. The van der Waals surface area contributed by atoms with Crippen molar-refractivity contribution in [2.24, 2.45) is 5.92 Å². The molecule has 0 amide bonds. The van der Waals surface area contributed by atoms with Gasteiger partial charge in [-0.2, -0.15) is 5.26 Å². The third kappa shape index (κ3) is 2.51. The SMILES string of the molecule is CCC(C#N)Cc1ccc(Cl)s1. The van der Waals surface area contributed by atoms with Crippen LogP contribution in [0.3, 0.4) is 0 Å². The summed E-state index contributed by atoms with van der Waals surface area (Å²) in [4.78, 5) is 1.20. The van der Waals surface area contributed by atoms with Crippen LogP contribution in [0.4, 0.5) is 0 Å². The molecule has 0 aliphatic carbocycles. The summed E-state index contributed by atoms with van der Waals surface area (Å²) in [6.45, 7) is 2.03. The zero-order valence-corrected chi connectivity index (χ0v) is 8.45. The lowest BCUT2D eigenvalue weighted by atomic mass is 10.0. The predicted octanol–water partition coefficient (Wildman–Crippen LogP) is 3.49. The topological polar surface area (TPSA) is 23.8 Å². The van der Waals surface area contributed by atoms with Crippen molar-refractivity contribution >= 4 is 22.9 Å². The van der Waals surface area contributed by atoms with Gasteiger partial charge < -0.3 is 0 Å². The molecule has 1 nitrogen and oxygen atoms in total. The van der Waals surface area contributed by atoms with Crippen molar-refractivity contribution in [2.45, 2.75) is 19.8 Å². The molecule has 0 radical (unpaired) electrons. The molecule has 64 valence electrons. The Morgan fingerprint density at radius 2 is 2.42 bits per heavy atom. The predicted molar refractivity (Wildman–Crippen MR) is 52.4 cm³/mol. The molecule has 12 heavy (non-hydrogen) atoms. The van der Waals surface area contributed by atoms with Crippen LogP contribution in [0, 0.1) is 17.2 Å². The third-order valence-electron chi connectivity index (χ3n) is 1.75. The van der Waals surface area contributed by atoms with E-state index in [-0.39, 0.29) is 5.92 Å². The van der Waals surface area contributed by atoms with Crippen LogP contribution in [0.5, 0.6) is 0 Å². The molecule has 3 heteroatoms. The number of rotatable bonds is 3. The summed E-state index contributed by atoms with van der Waals surface area (Å²) < 4.78 is 0.804. The van der Waals surface area contributed by atoms with E-state index >= 15 is 0 Å². The second-order valence-electron chi connectivity index (χ2n) is 2.64. The maximum Gasteiger partial charge on any atom is 0.0931 e. The Morgan fingerprint density at radius 3 is 2.83 bits per heavy atom. The maximum absolute atomic E-state index is 8.72. The number of thiophene rings is 1. The van der Waals surface area contributed by atoms with E-state index < -0.39 is 0 Å². The highest BCUT2D eigenvalue weighted by molar-refractivity contribution is 7.16. The van der Waals surface area contributed by atoms with Crippen molar-refractivity contribution in [2.75, 3.05) is 0 Å². The van der Waals surface area contributed by atoms with Crippen LogP contribution in [0.15, 0.2) is 12.1 Å². The quantitative estimate of drug-likeness (QED) is 0.731. The molecule has 1 aromatic rings. The minimum Gasteiger partial charge on any atom is -0.198 e. The van der Waals surface area contributed by atoms with Crippen LogP contribution in [0.2, 0.25) is 4.34 Å². The third-order valence-corrected chi connectivity index (χ3v) is 3.01. The smallest absolute Gasteiger partial charge is 0.0931 e. The molecule has 1 rings (SSSR count). The average molecular weight is 200 g/mol. The first-order chi connectivity index (χ1) is 5.76. The molecule has 1 aromatic heterocycles. The molecule has 0 spiro atoms. The molecular formula is C9H10ClNS. The van der Waals surface area contributed by atoms with Gasteiger partial charge in [0.25, 0.3) is 0 Å². The Hall–Kier alpha value is -0.520. The minimum atomic E-state index is 0.139. The van der Waals surface area contributed by atoms with E-state index in [4.69, 9.17) is 16.9 Å². The zero-order chi connectivity index (χ0) is 8.97. The number of hydrogen-bond donors (Lipinski definition) is 0. The number of halogens is 1. The van der Waals surface area contributed by atoms with E-state index in [9.17, 15) is 0 Å². The Balaban J connectivity index is 2.58. The molecule has 0 bridgehead atoms. The lowest BCUT2D eigenvalue weighted by Crippen LogP contribution is -1.97. The zero-order valence-electron chi connectivity index (χ0n) is 6.88. The van der Waals surface area contributed by atoms with Crippen molar-refractivity contribution in [1.29, 1.82) is 5.26 Å². The second kappa shape index (κ2) is 4.49. The molecule has 1 atom stereocenters. The minimum absolute atomic E-state index is 0.139. The van der Waals surface area contributed by atoms with E-state index in [1.807, 2.05) is 19.1 Å². The summed E-state index contributed by atoms with van der Waals surface area (Å²) in [6.07, 6.45) is 1.75. The van der Waals surface area contributed by atoms with Gasteiger partial charge in [0.05, 0.1) is 16.3 Å². The first-order valence-electron chi connectivity index (χ1n) is 3.90. The average Bonchev–Trinajstić information content (AvgIpc) is 2.47. The standard InChI is InChI=1S/C9H10ClNS/c1-2-7(6-11)5-8-3-4-9(10)12-8/h3-4,7H,2,5H2,1H3. The number of hydrogen-bond acceptors (Lipinski definition) is 2. The van der Waals surface area contributed by atoms with E-state index in [0.29, 0.717) is 0 Å². The summed E-state index contributed by atoms with van der Waals surface area (Å²) >= 11 is 7.33. The van der Waals surface area contributed by atoms with E-state index in [2.05, 4.69) is 6.07 Å². The van der Waals surface area contributed by atoms with Crippen LogP contribution in [-0.4, -0.2) is 0 Å². The van der Waals surface area contributed by atoms with Gasteiger partial charge in [0, 0.05) is 4.88 Å². The van der Waals surface area contributed by atoms with Crippen molar-refractivity contribution in [3.05, 3.63) is 21.3 Å². The fourth-order valence-electron chi connectivity index (χ4n) is 0.986. The summed E-state index contributed by atoms with van der Waals surface area (Å²) in [6, 6.07) is 6.15. The summed E-state index contributed by atoms with van der Waals surface area (Å²) in [5, 5.41) is 8.72. The Bertz CT molecular complexity index is 287. The Morgan fingerprint density at radius 1 is 1.67 bits per heavy atom. The van der Waals surface area contributed by atoms with E-state index in [1.54, 1.807) is 11.3 Å². The molecule has 0 saturated carbocycles. The van der Waals surface area contributed by atoms with Gasteiger partial charge in [-0.3, -0.25) is 0 Å². The van der Waals surface area contributed by atoms with Crippen LogP contribution < -0.4 is 0 Å². The molecule has 0 N–H and O–H groups in total. The monoisotopic (exact) mass is 199 g/mol. The maximum atomic E-state index is 8.72. The molecule has 1 unspecified atom stereocenters. The van der Waals surface area contributed by atoms with Gasteiger partial charge in [-0.25, -0.2) is 0 Å². The highest BCUT2D eigenvalue weighted by Crippen LogP contribution is 2.24. The van der Waals surface area contributed by atoms with E-state index in [0.717, 1.165) is 17.2 Å². The first-order valence-corrected chi connectivity index (χ1v) is 5.09.